The fourth-order valence-electron chi connectivity index (χ4n) is 3.62. The number of para-hydroxylation sites is 1. The molecule has 34 heavy (non-hydrogen) atoms. The van der Waals surface area contributed by atoms with Gasteiger partial charge in [0.1, 0.15) is 11.9 Å². The van der Waals surface area contributed by atoms with E-state index in [0.29, 0.717) is 23.2 Å². The molecule has 0 fully saturated rings. The number of nitrogens with one attached hydrogen (secondary N) is 2. The molecular formula is C25H27N5O3S. The molecule has 2 unspecified atom stereocenters. The van der Waals surface area contributed by atoms with Crippen LogP contribution in [0.3, 0.4) is 0 Å². The third-order valence-electron chi connectivity index (χ3n) is 5.61. The van der Waals surface area contributed by atoms with E-state index in [-0.39, 0.29) is 35.9 Å². The van der Waals surface area contributed by atoms with E-state index in [4.69, 9.17) is 0 Å². The molecule has 0 saturated heterocycles. The van der Waals surface area contributed by atoms with Gasteiger partial charge in [0, 0.05) is 18.2 Å². The lowest BCUT2D eigenvalue weighted by Gasteiger charge is -2.25. The first-order chi connectivity index (χ1) is 16.5. The molecule has 2 aromatic carbocycles. The molecule has 2 aliphatic heterocycles. The smallest absolute Gasteiger partial charge is 0.259 e. The number of carbonyl (C=O) groups is 3. The van der Waals surface area contributed by atoms with Gasteiger partial charge in [-0.15, -0.1) is 0 Å². The Morgan fingerprint density at radius 3 is 2.59 bits per heavy atom. The molecule has 2 aromatic rings. The lowest BCUT2D eigenvalue weighted by atomic mass is 10.1. The number of rotatable bonds is 8. The monoisotopic (exact) mass is 477 g/mol. The predicted octanol–water partition coefficient (Wildman–Crippen LogP) is 3.00. The van der Waals surface area contributed by atoms with Gasteiger partial charge in [0.25, 0.3) is 5.91 Å². The number of benzene rings is 2. The molecule has 4 rings (SSSR count). The highest BCUT2D eigenvalue weighted by Gasteiger charge is 2.42. The SMILES string of the molecule is CCC(C)NC(=O)CSC1=Nc2ccccc2C2=NC(CC(=O)NCc3ccccc3)C(=O)N12. The van der Waals surface area contributed by atoms with Gasteiger partial charge in [-0.1, -0.05) is 61.2 Å². The minimum atomic E-state index is -0.836. The summed E-state index contributed by atoms with van der Waals surface area (Å²) in [7, 11) is 0. The number of amidine groups is 2. The molecule has 0 bridgehead atoms. The van der Waals surface area contributed by atoms with Crippen LogP contribution in [0.1, 0.15) is 37.8 Å². The Morgan fingerprint density at radius 2 is 1.82 bits per heavy atom. The standard InChI is InChI=1S/C25H27N5O3S/c1-3-16(2)27-22(32)15-34-25-29-19-12-8-7-11-18(19)23-28-20(24(33)30(23)25)13-21(31)26-14-17-9-5-4-6-10-17/h4-12,16,20H,3,13-15H2,1-2H3,(H,26,31)(H,27,32). The average molecular weight is 478 g/mol. The van der Waals surface area contributed by atoms with Crippen LogP contribution in [0.15, 0.2) is 64.6 Å². The third kappa shape index (κ3) is 5.36. The van der Waals surface area contributed by atoms with Crippen molar-refractivity contribution in [2.24, 2.45) is 9.98 Å². The number of nitrogens with zero attached hydrogens (tertiary/aromatic N) is 3. The Bertz CT molecular complexity index is 1150. The molecule has 2 heterocycles. The second kappa shape index (κ2) is 10.6. The number of carbonyl (C=O) groups excluding carboxylic acids is 3. The quantitative estimate of drug-likeness (QED) is 0.610. The van der Waals surface area contributed by atoms with Crippen LogP contribution in [0, 0.1) is 0 Å². The molecule has 176 valence electrons. The summed E-state index contributed by atoms with van der Waals surface area (Å²) < 4.78 is 0. The Hall–Kier alpha value is -3.46. The molecule has 0 saturated carbocycles. The second-order valence-electron chi connectivity index (χ2n) is 8.19. The number of hydrogen-bond donors (Lipinski definition) is 2. The molecule has 2 aliphatic rings. The summed E-state index contributed by atoms with van der Waals surface area (Å²) in [6.45, 7) is 4.33. The molecule has 0 radical (unpaired) electrons. The van der Waals surface area contributed by atoms with Crippen molar-refractivity contribution in [1.82, 2.24) is 15.5 Å². The summed E-state index contributed by atoms with van der Waals surface area (Å²) in [4.78, 5) is 48.8. The van der Waals surface area contributed by atoms with Crippen LogP contribution in [0.4, 0.5) is 5.69 Å². The zero-order chi connectivity index (χ0) is 24.1. The minimum absolute atomic E-state index is 0.0553. The molecule has 8 nitrogen and oxygen atoms in total. The van der Waals surface area contributed by atoms with Gasteiger partial charge in [0.05, 0.1) is 17.9 Å². The number of fused-ring (bicyclic) bond motifs is 3. The molecule has 2 N–H and O–H groups in total. The lowest BCUT2D eigenvalue weighted by molar-refractivity contribution is -0.128. The highest BCUT2D eigenvalue weighted by atomic mass is 32.2. The van der Waals surface area contributed by atoms with Crippen LogP contribution in [0.5, 0.6) is 0 Å². The maximum absolute atomic E-state index is 13.3. The van der Waals surface area contributed by atoms with Crippen LogP contribution < -0.4 is 10.6 Å². The van der Waals surface area contributed by atoms with E-state index in [1.807, 2.05) is 68.4 Å². The van der Waals surface area contributed by atoms with Crippen molar-refractivity contribution in [3.05, 3.63) is 65.7 Å². The number of thioether (sulfide) groups is 1. The van der Waals surface area contributed by atoms with Gasteiger partial charge in [-0.05, 0) is 31.0 Å². The fraction of sp³-hybridized carbons (Fsp3) is 0.320. The lowest BCUT2D eigenvalue weighted by Crippen LogP contribution is -2.42. The van der Waals surface area contributed by atoms with E-state index in [0.717, 1.165) is 17.5 Å². The number of amides is 3. The summed E-state index contributed by atoms with van der Waals surface area (Å²) in [6, 6.07) is 16.2. The van der Waals surface area contributed by atoms with Gasteiger partial charge >= 0.3 is 0 Å². The first kappa shape index (κ1) is 23.7. The van der Waals surface area contributed by atoms with Gasteiger partial charge < -0.3 is 10.6 Å². The predicted molar refractivity (Wildman–Crippen MR) is 134 cm³/mol. The summed E-state index contributed by atoms with van der Waals surface area (Å²) in [5.41, 5.74) is 2.40. The molecule has 9 heteroatoms. The first-order valence-corrected chi connectivity index (χ1v) is 12.3. The third-order valence-corrected chi connectivity index (χ3v) is 6.55. The van der Waals surface area contributed by atoms with E-state index < -0.39 is 6.04 Å². The molecule has 0 aromatic heterocycles. The van der Waals surface area contributed by atoms with Crippen LogP contribution in [0.25, 0.3) is 0 Å². The molecular weight excluding hydrogens is 450 g/mol. The van der Waals surface area contributed by atoms with Crippen molar-refractivity contribution >= 4 is 46.2 Å². The van der Waals surface area contributed by atoms with Crippen molar-refractivity contribution in [1.29, 1.82) is 0 Å². The summed E-state index contributed by atoms with van der Waals surface area (Å²) in [5.74, 6) is -0.0826. The first-order valence-electron chi connectivity index (χ1n) is 11.3. The largest absolute Gasteiger partial charge is 0.353 e. The van der Waals surface area contributed by atoms with Gasteiger partial charge in [0.2, 0.25) is 11.8 Å². The van der Waals surface area contributed by atoms with E-state index in [1.54, 1.807) is 0 Å². The topological polar surface area (TPSA) is 103 Å². The normalized spacial score (nSPS) is 17.3. The minimum Gasteiger partial charge on any atom is -0.353 e. The Labute approximate surface area is 202 Å². The Kier molecular flexibility index (Phi) is 7.42. The van der Waals surface area contributed by atoms with Crippen molar-refractivity contribution < 1.29 is 14.4 Å². The van der Waals surface area contributed by atoms with Crippen LogP contribution >= 0.6 is 11.8 Å². The van der Waals surface area contributed by atoms with Crippen molar-refractivity contribution in [2.45, 2.75) is 45.3 Å². The van der Waals surface area contributed by atoms with E-state index in [2.05, 4.69) is 20.6 Å². The van der Waals surface area contributed by atoms with Crippen molar-refractivity contribution in [3.63, 3.8) is 0 Å². The maximum Gasteiger partial charge on any atom is 0.259 e. The Balaban J connectivity index is 1.47. The number of hydrogen-bond acceptors (Lipinski definition) is 6. The van der Waals surface area contributed by atoms with Gasteiger partial charge in [-0.25, -0.2) is 9.89 Å². The maximum atomic E-state index is 13.3. The van der Waals surface area contributed by atoms with Crippen LogP contribution in [0.2, 0.25) is 0 Å². The van der Waals surface area contributed by atoms with E-state index in [9.17, 15) is 14.4 Å². The average Bonchev–Trinajstić information content (AvgIpc) is 3.18. The van der Waals surface area contributed by atoms with Gasteiger partial charge in [-0.3, -0.25) is 19.4 Å². The van der Waals surface area contributed by atoms with Gasteiger partial charge in [-0.2, -0.15) is 0 Å². The summed E-state index contributed by atoms with van der Waals surface area (Å²) >= 11 is 1.19. The second-order valence-corrected chi connectivity index (χ2v) is 9.13. The van der Waals surface area contributed by atoms with Crippen molar-refractivity contribution in [3.8, 4) is 0 Å². The van der Waals surface area contributed by atoms with Crippen LogP contribution in [-0.2, 0) is 20.9 Å². The zero-order valence-electron chi connectivity index (χ0n) is 19.2. The highest BCUT2D eigenvalue weighted by molar-refractivity contribution is 8.14. The fourth-order valence-corrected chi connectivity index (χ4v) is 4.44. The zero-order valence-corrected chi connectivity index (χ0v) is 20.0. The summed E-state index contributed by atoms with van der Waals surface area (Å²) in [5, 5.41) is 6.17. The van der Waals surface area contributed by atoms with E-state index >= 15 is 0 Å². The van der Waals surface area contributed by atoms with Crippen molar-refractivity contribution in [2.75, 3.05) is 5.75 Å². The molecule has 0 aliphatic carbocycles. The van der Waals surface area contributed by atoms with E-state index in [1.165, 1.54) is 16.7 Å². The molecule has 2 atom stereocenters. The number of aliphatic imine (C=N–C) groups is 2. The molecule has 0 spiro atoms. The highest BCUT2D eigenvalue weighted by Crippen LogP contribution is 2.34. The van der Waals surface area contributed by atoms with Gasteiger partial charge in [0.15, 0.2) is 5.17 Å². The summed E-state index contributed by atoms with van der Waals surface area (Å²) in [6.07, 6.45) is 0.778. The Morgan fingerprint density at radius 1 is 1.09 bits per heavy atom. The molecule has 3 amide bonds. The van der Waals surface area contributed by atoms with Crippen LogP contribution in [-0.4, -0.2) is 51.5 Å².